The highest BCUT2D eigenvalue weighted by Gasteiger charge is 2.37. The molecule has 14 aromatic rings. The van der Waals surface area contributed by atoms with Crippen molar-refractivity contribution in [1.29, 1.82) is 0 Å². The Bertz CT molecular complexity index is 6860. The number of aryl methyl sites for hydroxylation is 2. The van der Waals surface area contributed by atoms with Crippen LogP contribution in [0.5, 0.6) is 23.5 Å². The number of aromatic nitrogens is 8. The molecule has 0 amide bonds. The van der Waals surface area contributed by atoms with Gasteiger partial charge in [0.2, 0.25) is 23.8 Å². The molecule has 10 N–H and O–H groups in total. The van der Waals surface area contributed by atoms with Crippen LogP contribution in [0, 0.1) is 0 Å². The standard InChI is InChI=1S/C80H56N14O20S4/c1-93-57-33-31-53(63-65(57)61(49-17-9-11-19-51(49)71(63)97)67(73(93)99)69(95)41-13-5-3-6-14-41)85-55-39-43(21-35-59(55)117(107,108)109)83-77-87-75(89-79(91-77)113-45-23-27-47(28-24-45)115(101,102)103)81-37-38-82-76-88-78(92-80(90-76)114-46-25-29-48(30-26-46)116(104,105)106)84-44-22-36-60(118(110,111)112)56(40-44)86-54-32-34-58-66-62(50-18-10-12-20-52(50)72(98)64(54)66)68(74(100)94(58)2)70(96)42-15-7-4-8-16-42/h3-36,39-40,85-86H,37-38H2,1-2H3,(H,101,102,103)(H,104,105,106)(H,107,108,109)(H,110,111,112)(H2,81,83,87,89,91)(H2,82,84,88,90,92). The van der Waals surface area contributed by atoms with E-state index in [2.05, 4.69) is 61.8 Å². The van der Waals surface area contributed by atoms with Crippen LogP contribution in [0.1, 0.15) is 63.7 Å². The number of nitrogens with zero attached hydrogens (tertiary/aromatic N) is 8. The molecular formula is C80H56N14O20S4. The first-order valence-corrected chi connectivity index (χ1v) is 40.8. The third-order valence-corrected chi connectivity index (χ3v) is 22.7. The number of ether oxygens (including phenoxy) is 2. The molecule has 0 unspecified atom stereocenters. The SMILES string of the molecule is Cn1c(=O)c(C(=O)c2ccccc2)c2c3c(c(Nc4cc(Nc5nc(NCCNc6nc(Nc7ccc(S(=O)(=O)O)c(Nc8ccc9c%10c8C(=O)c8ccccc8-c%10c(C(=O)c8ccccc8)c(=O)n9C)c7)nc(Oc7ccc(S(=O)(=O)O)cc7)n6)nc(Oc6ccc(S(=O)(=O)O)cc6)n5)ccc4S(=O)(=O)O)ccc31)C(=O)c1ccccc1-2. The molecule has 38 heteroatoms. The van der Waals surface area contributed by atoms with E-state index in [1.54, 1.807) is 97.1 Å². The minimum absolute atomic E-state index is 0.0128. The molecule has 2 aliphatic rings. The number of rotatable bonds is 25. The van der Waals surface area contributed by atoms with E-state index in [1.165, 1.54) is 108 Å². The Morgan fingerprint density at radius 3 is 1.07 bits per heavy atom. The van der Waals surface area contributed by atoms with Gasteiger partial charge in [0.25, 0.3) is 51.6 Å². The number of pyridine rings is 2. The summed E-state index contributed by atoms with van der Waals surface area (Å²) in [5.74, 6) is -3.56. The van der Waals surface area contributed by atoms with Gasteiger partial charge in [0.05, 0.1) is 65.8 Å². The second kappa shape index (κ2) is 30.0. The van der Waals surface area contributed by atoms with Gasteiger partial charge in [-0.25, -0.2) is 0 Å². The summed E-state index contributed by atoms with van der Waals surface area (Å²) in [5, 5.41) is 18.3. The van der Waals surface area contributed by atoms with Crippen LogP contribution in [0.4, 0.5) is 57.9 Å². The number of benzene rings is 10. The zero-order valence-electron chi connectivity index (χ0n) is 60.7. The van der Waals surface area contributed by atoms with Crippen molar-refractivity contribution in [3.8, 4) is 45.8 Å². The highest BCUT2D eigenvalue weighted by molar-refractivity contribution is 7.86. The second-order valence-electron chi connectivity index (χ2n) is 26.5. The molecule has 4 heterocycles. The summed E-state index contributed by atoms with van der Waals surface area (Å²) in [6, 6.07) is 49.8. The largest absolute Gasteiger partial charge is 0.424 e. The van der Waals surface area contributed by atoms with Crippen molar-refractivity contribution < 1.29 is 80.5 Å². The lowest BCUT2D eigenvalue weighted by Gasteiger charge is -2.26. The van der Waals surface area contributed by atoms with E-state index >= 15 is 0 Å². The number of carbonyl (C=O) groups excluding carboxylic acids is 4. The number of carbonyl (C=O) groups is 4. The lowest BCUT2D eigenvalue weighted by atomic mass is 9.80. The lowest BCUT2D eigenvalue weighted by Crippen LogP contribution is -2.29. The van der Waals surface area contributed by atoms with Crippen LogP contribution in [0.3, 0.4) is 0 Å². The fourth-order valence-corrected chi connectivity index (χ4v) is 16.1. The van der Waals surface area contributed by atoms with Gasteiger partial charge in [0.1, 0.15) is 21.3 Å². The molecule has 0 atom stereocenters. The average molecular weight is 1660 g/mol. The molecule has 0 saturated carbocycles. The Balaban J connectivity index is 0.716. The summed E-state index contributed by atoms with van der Waals surface area (Å²) in [4.78, 5) is 112. The van der Waals surface area contributed by atoms with Gasteiger partial charge in [0, 0.05) is 82.7 Å². The minimum Gasteiger partial charge on any atom is -0.424 e. The number of anilines is 10. The third-order valence-electron chi connectivity index (χ3n) is 19.1. The van der Waals surface area contributed by atoms with E-state index in [9.17, 15) is 80.6 Å². The lowest BCUT2D eigenvalue weighted by molar-refractivity contribution is 0.102. The smallest absolute Gasteiger partial charge is 0.328 e. The van der Waals surface area contributed by atoms with Crippen LogP contribution < -0.4 is 52.5 Å². The number of fused-ring (bicyclic) bond motifs is 4. The third kappa shape index (κ3) is 14.8. The molecule has 0 radical (unpaired) electrons. The number of hydrogen-bond acceptors (Lipinski definition) is 28. The highest BCUT2D eigenvalue weighted by atomic mass is 32.2. The summed E-state index contributed by atoms with van der Waals surface area (Å²) < 4.78 is 156. The van der Waals surface area contributed by atoms with Crippen molar-refractivity contribution >= 4 is 143 Å². The van der Waals surface area contributed by atoms with Crippen LogP contribution in [-0.4, -0.2) is 127 Å². The van der Waals surface area contributed by atoms with Gasteiger partial charge in [0.15, 0.2) is 23.1 Å². The van der Waals surface area contributed by atoms with Gasteiger partial charge >= 0.3 is 12.0 Å². The molecular weight excluding hydrogens is 1610 g/mol. The normalized spacial score (nSPS) is 12.3. The molecule has 118 heavy (non-hydrogen) atoms. The number of ketones is 4. The molecule has 590 valence electrons. The molecule has 10 aromatic carbocycles. The van der Waals surface area contributed by atoms with E-state index < -0.39 is 106 Å². The summed E-state index contributed by atoms with van der Waals surface area (Å²) in [6.07, 6.45) is 0. The predicted molar refractivity (Wildman–Crippen MR) is 431 cm³/mol. The first kappa shape index (κ1) is 77.3. The quantitative estimate of drug-likeness (QED) is 0.0144. The van der Waals surface area contributed by atoms with Gasteiger partial charge in [-0.15, -0.1) is 0 Å². The van der Waals surface area contributed by atoms with Crippen LogP contribution in [-0.2, 0) is 54.6 Å². The highest BCUT2D eigenvalue weighted by Crippen LogP contribution is 2.48. The van der Waals surface area contributed by atoms with Gasteiger partial charge in [-0.05, 0) is 120 Å². The summed E-state index contributed by atoms with van der Waals surface area (Å²) in [7, 11) is -16.6. The zero-order chi connectivity index (χ0) is 83.0. The molecule has 0 saturated heterocycles. The van der Waals surface area contributed by atoms with Crippen molar-refractivity contribution in [2.45, 2.75) is 19.6 Å². The molecule has 16 rings (SSSR count). The van der Waals surface area contributed by atoms with Crippen molar-refractivity contribution in [3.63, 3.8) is 0 Å². The molecule has 0 aliphatic heterocycles. The summed E-state index contributed by atoms with van der Waals surface area (Å²) in [6.45, 7) is -0.279. The van der Waals surface area contributed by atoms with Crippen LogP contribution in [0.2, 0.25) is 0 Å². The molecule has 4 aromatic heterocycles. The van der Waals surface area contributed by atoms with Gasteiger partial charge in [-0.3, -0.25) is 47.0 Å². The van der Waals surface area contributed by atoms with Crippen molar-refractivity contribution in [2.24, 2.45) is 14.1 Å². The first-order valence-electron chi connectivity index (χ1n) is 35.0. The first-order chi connectivity index (χ1) is 56.3. The van der Waals surface area contributed by atoms with E-state index in [0.717, 1.165) is 36.4 Å². The molecule has 2 aliphatic carbocycles. The Labute approximate surface area is 667 Å². The van der Waals surface area contributed by atoms with Gasteiger partial charge in [-0.2, -0.15) is 63.6 Å². The van der Waals surface area contributed by atoms with Crippen molar-refractivity contribution in [3.05, 3.63) is 284 Å². The van der Waals surface area contributed by atoms with E-state index in [4.69, 9.17) is 9.47 Å². The minimum atomic E-state index is -5.09. The predicted octanol–water partition coefficient (Wildman–Crippen LogP) is 11.7. The van der Waals surface area contributed by atoms with Crippen LogP contribution in [0.15, 0.2) is 248 Å². The Kier molecular flexibility index (Phi) is 19.6. The molecule has 0 spiro atoms. The van der Waals surface area contributed by atoms with E-state index in [0.29, 0.717) is 11.1 Å². The topological polar surface area (TPSA) is 498 Å². The Morgan fingerprint density at radius 1 is 0.364 bits per heavy atom. The maximum atomic E-state index is 14.9. The maximum absolute atomic E-state index is 14.9. The van der Waals surface area contributed by atoms with Gasteiger partial charge in [-0.1, -0.05) is 109 Å². The van der Waals surface area contributed by atoms with Crippen LogP contribution in [0.25, 0.3) is 44.1 Å². The summed E-state index contributed by atoms with van der Waals surface area (Å²) in [5.41, 5.74) is -0.441. The Hall–Kier alpha value is -14.6. The maximum Gasteiger partial charge on any atom is 0.328 e. The van der Waals surface area contributed by atoms with E-state index in [1.807, 2.05) is 0 Å². The molecule has 0 bridgehead atoms. The zero-order valence-corrected chi connectivity index (χ0v) is 64.0. The van der Waals surface area contributed by atoms with Crippen molar-refractivity contribution in [1.82, 2.24) is 39.0 Å². The van der Waals surface area contributed by atoms with E-state index in [-0.39, 0.29) is 160 Å². The molecule has 34 nitrogen and oxygen atoms in total. The Morgan fingerprint density at radius 2 is 0.712 bits per heavy atom. The monoisotopic (exact) mass is 1660 g/mol. The average Bonchev–Trinajstić information content (AvgIpc) is 0.710. The number of nitrogens with one attached hydrogen (secondary N) is 6. The number of hydrogen-bond donors (Lipinski definition) is 10. The van der Waals surface area contributed by atoms with Gasteiger partial charge < -0.3 is 50.5 Å². The second-order valence-corrected chi connectivity index (χ2v) is 32.1. The summed E-state index contributed by atoms with van der Waals surface area (Å²) >= 11 is 0. The van der Waals surface area contributed by atoms with Crippen LogP contribution >= 0.6 is 0 Å². The van der Waals surface area contributed by atoms with Crippen molar-refractivity contribution in [2.75, 3.05) is 45.0 Å². The fraction of sp³-hybridized carbons (Fsp3) is 0.0500. The fourth-order valence-electron chi connectivity index (χ4n) is 13.8. The molecule has 0 fully saturated rings.